The van der Waals surface area contributed by atoms with E-state index in [-0.39, 0.29) is 18.7 Å². The first-order valence-electron chi connectivity index (χ1n) is 7.72. The molecule has 1 aromatic carbocycles. The topological polar surface area (TPSA) is 79.2 Å². The molecule has 1 atom stereocenters. The van der Waals surface area contributed by atoms with Gasteiger partial charge in [-0.15, -0.1) is 5.10 Å². The van der Waals surface area contributed by atoms with Crippen molar-refractivity contribution < 1.29 is 9.90 Å². The summed E-state index contributed by atoms with van der Waals surface area (Å²) in [6.07, 6.45) is 0.517. The molecule has 6 heteroatoms. The number of aliphatic hydroxyl groups excluding tert-OH is 1. The minimum atomic E-state index is -0.323. The third-order valence-electron chi connectivity index (χ3n) is 3.52. The fourth-order valence-electron chi connectivity index (χ4n) is 2.51. The summed E-state index contributed by atoms with van der Waals surface area (Å²) in [5, 5.41) is 18.8. The summed E-state index contributed by atoms with van der Waals surface area (Å²) in [5.74, 6) is 0.496. The normalized spacial score (nSPS) is 12.0. The van der Waals surface area contributed by atoms with Crippen molar-refractivity contribution in [3.63, 3.8) is 0 Å². The van der Waals surface area contributed by atoms with Gasteiger partial charge in [-0.3, -0.25) is 5.32 Å². The van der Waals surface area contributed by atoms with Crippen LogP contribution in [0.5, 0.6) is 0 Å². The molecule has 1 aromatic heterocycles. The number of anilines is 1. The van der Waals surface area contributed by atoms with E-state index < -0.39 is 0 Å². The molecule has 2 rings (SSSR count). The molecule has 0 bridgehead atoms. The number of amides is 2. The van der Waals surface area contributed by atoms with Crippen molar-refractivity contribution in [3.05, 3.63) is 41.1 Å². The Morgan fingerprint density at radius 3 is 2.48 bits per heavy atom. The van der Waals surface area contributed by atoms with Gasteiger partial charge in [0.15, 0.2) is 5.82 Å². The maximum absolute atomic E-state index is 11.9. The number of nitrogens with zero attached hydrogens (tertiary/aromatic N) is 2. The van der Waals surface area contributed by atoms with Crippen LogP contribution in [0.2, 0.25) is 0 Å². The zero-order valence-electron chi connectivity index (χ0n) is 14.1. The Morgan fingerprint density at radius 1 is 1.22 bits per heavy atom. The van der Waals surface area contributed by atoms with Crippen LogP contribution in [-0.2, 0) is 0 Å². The summed E-state index contributed by atoms with van der Waals surface area (Å²) in [6, 6.07) is 7.63. The van der Waals surface area contributed by atoms with Crippen LogP contribution in [0.4, 0.5) is 10.6 Å². The third-order valence-corrected chi connectivity index (χ3v) is 3.52. The van der Waals surface area contributed by atoms with Crippen molar-refractivity contribution in [1.82, 2.24) is 15.1 Å². The van der Waals surface area contributed by atoms with Gasteiger partial charge in [-0.05, 0) is 57.4 Å². The second-order valence-corrected chi connectivity index (χ2v) is 5.94. The molecule has 0 aliphatic heterocycles. The highest BCUT2D eigenvalue weighted by Crippen LogP contribution is 2.18. The standard InChI is InChI=1S/C17H24N4O2/c1-11-7-12(2)9-15(8-11)21-14(4)10-16(20-21)19-17(23)18-13(3)5-6-22/h7-10,13,22H,5-6H2,1-4H3,(H2,18,19,20,23)/t13-/m0/s1. The number of hydrogen-bond acceptors (Lipinski definition) is 3. The summed E-state index contributed by atoms with van der Waals surface area (Å²) >= 11 is 0. The Balaban J connectivity index is 2.13. The smallest absolute Gasteiger partial charge is 0.320 e. The van der Waals surface area contributed by atoms with Crippen LogP contribution in [0.3, 0.4) is 0 Å². The van der Waals surface area contributed by atoms with Crippen molar-refractivity contribution in [2.45, 2.75) is 40.2 Å². The Kier molecular flexibility index (Phi) is 5.39. The van der Waals surface area contributed by atoms with Crippen LogP contribution in [0.1, 0.15) is 30.2 Å². The minimum Gasteiger partial charge on any atom is -0.396 e. The zero-order chi connectivity index (χ0) is 17.0. The molecule has 0 aliphatic rings. The largest absolute Gasteiger partial charge is 0.396 e. The van der Waals surface area contributed by atoms with Crippen LogP contribution in [0, 0.1) is 20.8 Å². The fourth-order valence-corrected chi connectivity index (χ4v) is 2.51. The molecule has 1 heterocycles. The molecule has 124 valence electrons. The van der Waals surface area contributed by atoms with Crippen LogP contribution >= 0.6 is 0 Å². The summed E-state index contributed by atoms with van der Waals surface area (Å²) in [4.78, 5) is 11.9. The minimum absolute atomic E-state index is 0.0435. The van der Waals surface area contributed by atoms with Crippen LogP contribution < -0.4 is 10.6 Å². The lowest BCUT2D eigenvalue weighted by molar-refractivity contribution is 0.241. The van der Waals surface area contributed by atoms with Gasteiger partial charge in [-0.1, -0.05) is 6.07 Å². The van der Waals surface area contributed by atoms with Gasteiger partial charge in [0.25, 0.3) is 0 Å². The lowest BCUT2D eigenvalue weighted by atomic mass is 10.1. The number of aryl methyl sites for hydroxylation is 3. The van der Waals surface area contributed by atoms with Gasteiger partial charge in [-0.25, -0.2) is 9.48 Å². The molecule has 0 fully saturated rings. The number of hydrogen-bond donors (Lipinski definition) is 3. The number of carbonyl (C=O) groups excluding carboxylic acids is 1. The van der Waals surface area contributed by atoms with E-state index in [0.29, 0.717) is 12.2 Å². The van der Waals surface area contributed by atoms with Gasteiger partial charge >= 0.3 is 6.03 Å². The molecule has 0 aliphatic carbocycles. The molecule has 0 saturated carbocycles. The van der Waals surface area contributed by atoms with Crippen molar-refractivity contribution in [1.29, 1.82) is 0 Å². The van der Waals surface area contributed by atoms with E-state index in [4.69, 9.17) is 5.11 Å². The van der Waals surface area contributed by atoms with Gasteiger partial charge in [0, 0.05) is 24.4 Å². The molecule has 0 radical (unpaired) electrons. The second-order valence-electron chi connectivity index (χ2n) is 5.94. The van der Waals surface area contributed by atoms with Gasteiger partial charge in [0.05, 0.1) is 5.69 Å². The van der Waals surface area contributed by atoms with E-state index in [9.17, 15) is 4.79 Å². The zero-order valence-corrected chi connectivity index (χ0v) is 14.1. The molecular formula is C17H24N4O2. The number of benzene rings is 1. The fraction of sp³-hybridized carbons (Fsp3) is 0.412. The SMILES string of the molecule is Cc1cc(C)cc(-n2nc(NC(=O)N[C@@H](C)CCO)cc2C)c1. The lowest BCUT2D eigenvalue weighted by Gasteiger charge is -2.12. The average molecular weight is 316 g/mol. The number of aromatic nitrogens is 2. The monoisotopic (exact) mass is 316 g/mol. The van der Waals surface area contributed by atoms with Crippen LogP contribution in [-0.4, -0.2) is 33.6 Å². The van der Waals surface area contributed by atoms with Crippen LogP contribution in [0.15, 0.2) is 24.3 Å². The number of carbonyl (C=O) groups is 1. The van der Waals surface area contributed by atoms with E-state index in [2.05, 4.69) is 33.9 Å². The highest BCUT2D eigenvalue weighted by Gasteiger charge is 2.11. The van der Waals surface area contributed by atoms with Gasteiger partial charge < -0.3 is 10.4 Å². The van der Waals surface area contributed by atoms with Gasteiger partial charge in [0.2, 0.25) is 0 Å². The quantitative estimate of drug-likeness (QED) is 0.793. The Morgan fingerprint density at radius 2 is 1.87 bits per heavy atom. The summed E-state index contributed by atoms with van der Waals surface area (Å²) in [5.41, 5.74) is 4.25. The molecule has 0 unspecified atom stereocenters. The Labute approximate surface area is 136 Å². The number of aliphatic hydroxyl groups is 1. The van der Waals surface area contributed by atoms with Crippen molar-refractivity contribution in [3.8, 4) is 5.69 Å². The summed E-state index contributed by atoms with van der Waals surface area (Å²) in [7, 11) is 0. The van der Waals surface area contributed by atoms with Gasteiger partial charge in [-0.2, -0.15) is 0 Å². The first-order chi connectivity index (χ1) is 10.9. The van der Waals surface area contributed by atoms with E-state index in [1.54, 1.807) is 0 Å². The molecule has 0 saturated heterocycles. The summed E-state index contributed by atoms with van der Waals surface area (Å²) < 4.78 is 1.81. The van der Waals surface area contributed by atoms with Crippen molar-refractivity contribution in [2.24, 2.45) is 0 Å². The molecule has 23 heavy (non-hydrogen) atoms. The predicted octanol–water partition coefficient (Wildman–Crippen LogP) is 2.69. The Hall–Kier alpha value is -2.34. The molecule has 2 aromatic rings. The lowest BCUT2D eigenvalue weighted by Crippen LogP contribution is -2.36. The van der Waals surface area contributed by atoms with Crippen molar-refractivity contribution >= 4 is 11.8 Å². The highest BCUT2D eigenvalue weighted by atomic mass is 16.3. The molecule has 3 N–H and O–H groups in total. The number of nitrogens with one attached hydrogen (secondary N) is 2. The van der Waals surface area contributed by atoms with Gasteiger partial charge in [0.1, 0.15) is 0 Å². The van der Waals surface area contributed by atoms with Crippen LogP contribution in [0.25, 0.3) is 5.69 Å². The number of rotatable bonds is 5. The maximum Gasteiger partial charge on any atom is 0.320 e. The summed E-state index contributed by atoms with van der Waals surface area (Å²) in [6.45, 7) is 7.92. The van der Waals surface area contributed by atoms with E-state index in [1.165, 1.54) is 11.1 Å². The Bertz CT molecular complexity index is 674. The molecular weight excluding hydrogens is 292 g/mol. The first kappa shape index (κ1) is 17.0. The highest BCUT2D eigenvalue weighted by molar-refractivity contribution is 5.88. The number of urea groups is 1. The first-order valence-corrected chi connectivity index (χ1v) is 7.72. The van der Waals surface area contributed by atoms with Crippen molar-refractivity contribution in [2.75, 3.05) is 11.9 Å². The van der Waals surface area contributed by atoms with E-state index in [1.807, 2.05) is 38.4 Å². The second kappa shape index (κ2) is 7.28. The van der Waals surface area contributed by atoms with E-state index in [0.717, 1.165) is 11.4 Å². The van der Waals surface area contributed by atoms with E-state index >= 15 is 0 Å². The maximum atomic E-state index is 11.9. The molecule has 2 amide bonds. The third kappa shape index (κ3) is 4.56. The average Bonchev–Trinajstić information content (AvgIpc) is 2.78. The predicted molar refractivity (Wildman–Crippen MR) is 91.1 cm³/mol. The molecule has 6 nitrogen and oxygen atoms in total. The molecule has 0 spiro atoms.